The van der Waals surface area contributed by atoms with E-state index in [4.69, 9.17) is 5.73 Å². The van der Waals surface area contributed by atoms with Crippen molar-refractivity contribution in [3.05, 3.63) is 128 Å². The SMILES string of the molecule is CC#Cc1ccc(-c2ccc(C(=O)C3CCC45C=CC6C3(C4)CC3(CCC(CNC)C3CO)C63CCC4c6cccc(c6Cc6cnc[nH]6)CC(C)(O)C6C=Cc7c(O)cc(c(c7N6)C#CC43)CC5NC(N)=NC)s2)s1. The molecule has 2 aliphatic heterocycles. The van der Waals surface area contributed by atoms with Gasteiger partial charge in [-0.05, 0) is 178 Å². The van der Waals surface area contributed by atoms with Crippen LogP contribution in [0.25, 0.3) is 15.8 Å². The summed E-state index contributed by atoms with van der Waals surface area (Å²) in [5, 5.41) is 48.4. The zero-order valence-electron chi connectivity index (χ0n) is 43.9. The standard InChI is InChI=1S/C63H69N7O4S2/c1-5-7-40-10-14-50(75-40)51-15-16-52(76-51)57(73)47-20-22-60-23-21-53-61(47,33-60)34-62(24-18-37(30-65-3)48(62)32-71)63(53)25-19-43-42-9-6-8-36(45(42)28-39-31-67-35-68-39)29-59(2,74)54-17-12-44-49(72)26-38(27-55(60)70-58(64)66-4)41(56(44)69-54)11-13-46(43)63/h6,8-10,12,14-17,21,23,26,31,35,37,43,46-48,53-55,65,69,71-72,74H,18-20,22,24-25,27-30,32-34H2,1-4H3,(H,67,68)(H3,64,66,70). The van der Waals surface area contributed by atoms with Crippen molar-refractivity contribution >= 4 is 46.2 Å². The molecule has 13 atom stereocenters. The van der Waals surface area contributed by atoms with Crippen LogP contribution in [0.1, 0.15) is 125 Å². The number of aliphatic hydroxyl groups is 2. The van der Waals surface area contributed by atoms with Crippen molar-refractivity contribution in [1.82, 2.24) is 20.6 Å². The lowest BCUT2D eigenvalue weighted by Crippen LogP contribution is -2.59. The number of aliphatic imine (C=N–C) groups is 1. The van der Waals surface area contributed by atoms with E-state index < -0.39 is 27.9 Å². The third kappa shape index (κ3) is 7.28. The Morgan fingerprint density at radius 2 is 1.91 bits per heavy atom. The Bertz CT molecular complexity index is 3380. The quantitative estimate of drug-likeness (QED) is 0.0235. The summed E-state index contributed by atoms with van der Waals surface area (Å²) < 4.78 is 0. The van der Waals surface area contributed by atoms with Gasteiger partial charge in [0.1, 0.15) is 5.75 Å². The van der Waals surface area contributed by atoms with Crippen LogP contribution < -0.4 is 21.7 Å². The molecule has 392 valence electrons. The highest BCUT2D eigenvalue weighted by Crippen LogP contribution is 2.84. The molecular weight excluding hydrogens is 983 g/mol. The van der Waals surface area contributed by atoms with E-state index in [2.05, 4.69) is 109 Å². The summed E-state index contributed by atoms with van der Waals surface area (Å²) in [6.07, 6.45) is 20.9. The molecule has 5 aromatic rings. The molecule has 5 heterocycles. The lowest BCUT2D eigenvalue weighted by atomic mass is 9.45. The van der Waals surface area contributed by atoms with Crippen molar-refractivity contribution < 1.29 is 20.1 Å². The number of aromatic nitrogens is 2. The Labute approximate surface area is 454 Å². The Hall–Kier alpha value is -5.93. The van der Waals surface area contributed by atoms with Gasteiger partial charge in [-0.15, -0.1) is 28.6 Å². The third-order valence-electron chi connectivity index (χ3n) is 20.7. The number of nitrogens with two attached hydrogens (primary N) is 1. The highest BCUT2D eigenvalue weighted by atomic mass is 32.1. The summed E-state index contributed by atoms with van der Waals surface area (Å²) >= 11 is 3.28. The van der Waals surface area contributed by atoms with Gasteiger partial charge in [0.25, 0.3) is 0 Å². The summed E-state index contributed by atoms with van der Waals surface area (Å²) in [5.41, 5.74) is 11.4. The number of benzene rings is 2. The van der Waals surface area contributed by atoms with E-state index in [1.165, 1.54) is 11.1 Å². The van der Waals surface area contributed by atoms with Crippen LogP contribution in [0.2, 0.25) is 0 Å². The number of aliphatic hydroxyl groups excluding tert-OH is 1. The number of guanidine groups is 1. The molecule has 10 bridgehead atoms. The highest BCUT2D eigenvalue weighted by Gasteiger charge is 2.79. The molecule has 0 saturated heterocycles. The van der Waals surface area contributed by atoms with E-state index in [1.807, 2.05) is 45.3 Å². The molecule has 76 heavy (non-hydrogen) atoms. The van der Waals surface area contributed by atoms with Crippen molar-refractivity contribution in [2.75, 3.05) is 32.6 Å². The second kappa shape index (κ2) is 18.3. The topological polar surface area (TPSA) is 181 Å². The lowest BCUT2D eigenvalue weighted by molar-refractivity contribution is -0.0491. The van der Waals surface area contributed by atoms with E-state index in [0.29, 0.717) is 37.2 Å². The minimum absolute atomic E-state index is 0.00929. The van der Waals surface area contributed by atoms with E-state index >= 15 is 4.79 Å². The maximum absolute atomic E-state index is 16.2. The Balaban J connectivity index is 1.09. The first-order chi connectivity index (χ1) is 36.8. The number of carbonyl (C=O) groups excluding carboxylic acids is 1. The molecular formula is C63H69N7O4S2. The van der Waals surface area contributed by atoms with Gasteiger partial charge in [0.05, 0.1) is 39.0 Å². The fourth-order valence-electron chi connectivity index (χ4n) is 17.8. The number of allylic oxidation sites excluding steroid dienone is 1. The predicted octanol–water partition coefficient (Wildman–Crippen LogP) is 9.44. The number of aromatic hydroxyl groups is 1. The summed E-state index contributed by atoms with van der Waals surface area (Å²) in [6, 6.07) is 16.2. The van der Waals surface area contributed by atoms with Crippen LogP contribution in [0.5, 0.6) is 5.75 Å². The summed E-state index contributed by atoms with van der Waals surface area (Å²) in [6.45, 7) is 4.64. The van der Waals surface area contributed by atoms with Gasteiger partial charge in [-0.25, -0.2) is 4.98 Å². The van der Waals surface area contributed by atoms with Gasteiger partial charge in [0, 0.05) is 77.0 Å². The number of imidazole rings is 1. The first kappa shape index (κ1) is 49.6. The number of thiophene rings is 2. The zero-order valence-corrected chi connectivity index (χ0v) is 45.6. The number of fused-ring (bicyclic) bond motifs is 5. The summed E-state index contributed by atoms with van der Waals surface area (Å²) in [7, 11) is 3.75. The fourth-order valence-corrected chi connectivity index (χ4v) is 19.8. The number of hydrogen-bond acceptors (Lipinski definition) is 10. The molecule has 3 aromatic heterocycles. The van der Waals surface area contributed by atoms with E-state index in [0.717, 1.165) is 99.1 Å². The Morgan fingerprint density at radius 1 is 1.05 bits per heavy atom. The number of rotatable bonds is 9. The van der Waals surface area contributed by atoms with Crippen LogP contribution in [0.4, 0.5) is 5.69 Å². The molecule has 7 aliphatic carbocycles. The van der Waals surface area contributed by atoms with Gasteiger partial charge in [0.15, 0.2) is 11.7 Å². The molecule has 13 unspecified atom stereocenters. The van der Waals surface area contributed by atoms with E-state index in [-0.39, 0.29) is 65.1 Å². The normalized spacial score (nSPS) is 35.1. The zero-order chi connectivity index (χ0) is 52.4. The molecule has 9 aliphatic rings. The van der Waals surface area contributed by atoms with Crippen LogP contribution in [-0.4, -0.2) is 82.0 Å². The molecule has 4 saturated carbocycles. The molecule has 4 spiro atoms. The summed E-state index contributed by atoms with van der Waals surface area (Å²) in [5.74, 6) is 14.9. The van der Waals surface area contributed by atoms with Crippen molar-refractivity contribution in [3.63, 3.8) is 0 Å². The molecule has 11 nitrogen and oxygen atoms in total. The number of aromatic amines is 1. The van der Waals surface area contributed by atoms with Gasteiger partial charge in [-0.1, -0.05) is 60.3 Å². The van der Waals surface area contributed by atoms with Crippen LogP contribution in [0.15, 0.2) is 84.3 Å². The number of carbonyl (C=O) groups is 1. The molecule has 9 N–H and O–H groups in total. The van der Waals surface area contributed by atoms with Gasteiger partial charge in [-0.2, -0.15) is 0 Å². The number of nitrogens with one attached hydrogen (secondary N) is 4. The number of anilines is 1. The van der Waals surface area contributed by atoms with Crippen molar-refractivity contribution in [2.45, 2.75) is 108 Å². The van der Waals surface area contributed by atoms with Gasteiger partial charge in [-0.3, -0.25) is 9.79 Å². The molecule has 4 fully saturated rings. The van der Waals surface area contributed by atoms with Crippen molar-refractivity contribution in [3.8, 4) is 39.2 Å². The first-order valence-corrected chi connectivity index (χ1v) is 29.2. The van der Waals surface area contributed by atoms with Crippen molar-refractivity contribution in [1.29, 1.82) is 0 Å². The van der Waals surface area contributed by atoms with Gasteiger partial charge < -0.3 is 42.0 Å². The number of phenols is 1. The number of ketones is 1. The van der Waals surface area contributed by atoms with Gasteiger partial charge in [0.2, 0.25) is 0 Å². The average Bonchev–Trinajstić information content (AvgIpc) is 4.40. The van der Waals surface area contributed by atoms with Crippen LogP contribution in [0.3, 0.4) is 0 Å². The lowest BCUT2D eigenvalue weighted by Gasteiger charge is -2.59. The fraction of sp³-hybridized carbons (Fsp3) is 0.476. The van der Waals surface area contributed by atoms with Crippen LogP contribution in [0, 0.1) is 74.9 Å². The number of phenolic OH excluding ortho intramolecular Hbond substituents is 1. The van der Waals surface area contributed by atoms with E-state index in [9.17, 15) is 15.3 Å². The second-order valence-corrected chi connectivity index (χ2v) is 26.2. The van der Waals surface area contributed by atoms with Crippen LogP contribution >= 0.6 is 22.7 Å². The Kier molecular flexibility index (Phi) is 12.0. The largest absolute Gasteiger partial charge is 0.507 e. The monoisotopic (exact) mass is 1050 g/mol. The summed E-state index contributed by atoms with van der Waals surface area (Å²) in [4.78, 5) is 32.6. The predicted molar refractivity (Wildman–Crippen MR) is 303 cm³/mol. The third-order valence-corrected chi connectivity index (χ3v) is 23.0. The number of Topliss-reactive ketones (excluding diaryl/α,β-unsaturated/α-hetero) is 1. The molecule has 2 aromatic carbocycles. The number of nitrogens with zero attached hydrogens (tertiary/aromatic N) is 2. The molecule has 14 rings (SSSR count). The first-order valence-electron chi connectivity index (χ1n) is 27.6. The highest BCUT2D eigenvalue weighted by molar-refractivity contribution is 7.23. The molecule has 0 amide bonds. The minimum atomic E-state index is -1.25. The second-order valence-electron chi connectivity index (χ2n) is 24.0. The molecule has 13 heteroatoms. The van der Waals surface area contributed by atoms with Gasteiger partial charge >= 0.3 is 0 Å². The van der Waals surface area contributed by atoms with E-state index in [1.54, 1.807) is 36.0 Å². The number of hydrogen-bond donors (Lipinski definition) is 8. The van der Waals surface area contributed by atoms with Crippen molar-refractivity contribution in [2.24, 2.45) is 62.0 Å². The molecule has 0 radical (unpaired) electrons. The minimum Gasteiger partial charge on any atom is -0.507 e. The smallest absolute Gasteiger partial charge is 0.188 e. The number of H-pyrrole nitrogens is 1. The average molecular weight is 1050 g/mol. The maximum atomic E-state index is 16.2. The van der Waals surface area contributed by atoms with Crippen LogP contribution in [-0.2, 0) is 19.3 Å². The maximum Gasteiger partial charge on any atom is 0.188 e. The Morgan fingerprint density at radius 3 is 2.71 bits per heavy atom.